The molecule has 0 aliphatic heterocycles. The topological polar surface area (TPSA) is 24.9 Å². The van der Waals surface area contributed by atoms with Crippen molar-refractivity contribution in [1.29, 1.82) is 0 Å². The number of aromatic nitrogens is 1. The molecule has 0 saturated carbocycles. The Hall–Kier alpha value is -1.15. The van der Waals surface area contributed by atoms with E-state index in [-0.39, 0.29) is 6.54 Å². The van der Waals surface area contributed by atoms with Crippen LogP contribution in [0.3, 0.4) is 0 Å². The monoisotopic (exact) mass is 340 g/mol. The van der Waals surface area contributed by atoms with Gasteiger partial charge in [0.15, 0.2) is 0 Å². The number of nitrogens with zero attached hydrogens (tertiary/aromatic N) is 1. The highest BCUT2D eigenvalue weighted by atomic mass is 79.9. The molecule has 0 aliphatic carbocycles. The van der Waals surface area contributed by atoms with Crippen molar-refractivity contribution in [2.24, 2.45) is 0 Å². The normalized spacial score (nSPS) is 10.7. The van der Waals surface area contributed by atoms with Gasteiger partial charge in [0, 0.05) is 11.4 Å². The van der Waals surface area contributed by atoms with Crippen LogP contribution < -0.4 is 5.32 Å². The van der Waals surface area contributed by atoms with Crippen LogP contribution in [0.4, 0.5) is 23.2 Å². The number of halogens is 5. The van der Waals surface area contributed by atoms with E-state index in [1.807, 2.05) is 0 Å². The van der Waals surface area contributed by atoms with Crippen molar-refractivity contribution in [2.45, 2.75) is 6.54 Å². The summed E-state index contributed by atoms with van der Waals surface area (Å²) in [4.78, 5) is 3.21. The van der Waals surface area contributed by atoms with E-state index in [9.17, 15) is 17.6 Å². The summed E-state index contributed by atoms with van der Waals surface area (Å²) in [6, 6.07) is 3.47. The lowest BCUT2D eigenvalue weighted by molar-refractivity contribution is 0.410. The molecule has 1 N–H and O–H groups in total. The molecule has 2 nitrogen and oxygen atoms in total. The zero-order valence-corrected chi connectivity index (χ0v) is 11.0. The Morgan fingerprint density at radius 1 is 1.11 bits per heavy atom. The van der Waals surface area contributed by atoms with Gasteiger partial charge in [0.05, 0.1) is 3.79 Å². The van der Waals surface area contributed by atoms with E-state index in [4.69, 9.17) is 0 Å². The zero-order valence-electron chi connectivity index (χ0n) is 8.61. The lowest BCUT2D eigenvalue weighted by Crippen LogP contribution is -2.08. The van der Waals surface area contributed by atoms with Crippen molar-refractivity contribution in [3.63, 3.8) is 0 Å². The van der Waals surface area contributed by atoms with Gasteiger partial charge in [-0.25, -0.2) is 0 Å². The molecule has 0 atom stereocenters. The number of anilines is 1. The van der Waals surface area contributed by atoms with E-state index < -0.39 is 29.2 Å². The Balaban J connectivity index is 2.24. The van der Waals surface area contributed by atoms with Gasteiger partial charge < -0.3 is 5.32 Å². The zero-order chi connectivity index (χ0) is 13.3. The molecule has 2 heterocycles. The van der Waals surface area contributed by atoms with Crippen molar-refractivity contribution in [1.82, 2.24) is 4.98 Å². The fourth-order valence-corrected chi connectivity index (χ4v) is 2.69. The average molecular weight is 341 g/mol. The molecule has 0 unspecified atom stereocenters. The van der Waals surface area contributed by atoms with E-state index in [2.05, 4.69) is 26.2 Å². The van der Waals surface area contributed by atoms with Crippen molar-refractivity contribution in [3.8, 4) is 0 Å². The van der Waals surface area contributed by atoms with Gasteiger partial charge in [0.1, 0.15) is 5.69 Å². The molecular formula is C10H5BrF4N2S. The van der Waals surface area contributed by atoms with E-state index >= 15 is 0 Å². The van der Waals surface area contributed by atoms with Crippen LogP contribution in [0, 0.1) is 23.5 Å². The van der Waals surface area contributed by atoms with Gasteiger partial charge in [-0.1, -0.05) is 0 Å². The predicted molar refractivity (Wildman–Crippen MR) is 63.4 cm³/mol. The highest BCUT2D eigenvalue weighted by Crippen LogP contribution is 2.25. The second-order valence-corrected chi connectivity index (χ2v) is 5.80. The summed E-state index contributed by atoms with van der Waals surface area (Å²) >= 11 is 4.56. The van der Waals surface area contributed by atoms with Crippen LogP contribution in [0.15, 0.2) is 15.9 Å². The van der Waals surface area contributed by atoms with Gasteiger partial charge in [-0.05, 0) is 28.1 Å². The van der Waals surface area contributed by atoms with Gasteiger partial charge in [0.25, 0.3) is 11.9 Å². The minimum absolute atomic E-state index is 0.0486. The molecule has 2 aromatic heterocycles. The number of hydrogen-bond acceptors (Lipinski definition) is 3. The maximum atomic E-state index is 13.2. The van der Waals surface area contributed by atoms with E-state index in [0.717, 1.165) is 8.66 Å². The summed E-state index contributed by atoms with van der Waals surface area (Å²) in [5, 5.41) is 2.31. The number of thiophene rings is 1. The standard InChI is InChI=1S/C10H5BrF4N2S/c11-5-2-1-4(18-5)3-16-8-6(12)9(14)17-10(15)7(8)13/h1-2H,3H2,(H,16,17). The first-order chi connectivity index (χ1) is 8.49. The summed E-state index contributed by atoms with van der Waals surface area (Å²) in [5.74, 6) is -6.43. The minimum Gasteiger partial charge on any atom is -0.375 e. The third kappa shape index (κ3) is 2.64. The molecule has 0 aliphatic rings. The molecule has 0 bridgehead atoms. The smallest absolute Gasteiger partial charge is 0.253 e. The van der Waals surface area contributed by atoms with Crippen LogP contribution in [0.25, 0.3) is 0 Å². The largest absolute Gasteiger partial charge is 0.375 e. The predicted octanol–water partition coefficient (Wildman–Crippen LogP) is 4.07. The Labute approximate surface area is 112 Å². The van der Waals surface area contributed by atoms with Crippen molar-refractivity contribution >= 4 is 33.0 Å². The molecule has 0 saturated heterocycles. The van der Waals surface area contributed by atoms with E-state index in [0.29, 0.717) is 0 Å². The van der Waals surface area contributed by atoms with Crippen molar-refractivity contribution in [2.75, 3.05) is 5.32 Å². The molecule has 18 heavy (non-hydrogen) atoms. The van der Waals surface area contributed by atoms with E-state index in [1.54, 1.807) is 12.1 Å². The second kappa shape index (κ2) is 5.23. The number of pyridine rings is 1. The lowest BCUT2D eigenvalue weighted by Gasteiger charge is -2.08. The summed E-state index contributed by atoms with van der Waals surface area (Å²) in [5.41, 5.74) is -0.857. The minimum atomic E-state index is -1.68. The Morgan fingerprint density at radius 3 is 2.22 bits per heavy atom. The van der Waals surface area contributed by atoms with Crippen LogP contribution in [0.2, 0.25) is 0 Å². The molecule has 0 radical (unpaired) electrons. The first-order valence-corrected chi connectivity index (χ1v) is 6.28. The first kappa shape index (κ1) is 13.3. The van der Waals surface area contributed by atoms with Crippen LogP contribution in [0.5, 0.6) is 0 Å². The van der Waals surface area contributed by atoms with Crippen LogP contribution >= 0.6 is 27.3 Å². The van der Waals surface area contributed by atoms with Gasteiger partial charge in [-0.2, -0.15) is 22.5 Å². The molecule has 96 valence electrons. The summed E-state index contributed by atoms with van der Waals surface area (Å²) in [6.45, 7) is 0.0486. The Kier molecular flexibility index (Phi) is 3.86. The lowest BCUT2D eigenvalue weighted by atomic mass is 10.3. The van der Waals surface area contributed by atoms with Crippen LogP contribution in [0.1, 0.15) is 4.88 Å². The van der Waals surface area contributed by atoms with Gasteiger partial charge >= 0.3 is 0 Å². The van der Waals surface area contributed by atoms with Gasteiger partial charge in [-0.3, -0.25) is 0 Å². The first-order valence-electron chi connectivity index (χ1n) is 4.67. The quantitative estimate of drug-likeness (QED) is 0.672. The fourth-order valence-electron chi connectivity index (χ4n) is 1.26. The van der Waals surface area contributed by atoms with Crippen molar-refractivity contribution in [3.05, 3.63) is 44.3 Å². The molecular weight excluding hydrogens is 336 g/mol. The molecule has 0 aromatic carbocycles. The second-order valence-electron chi connectivity index (χ2n) is 3.26. The van der Waals surface area contributed by atoms with Gasteiger partial charge in [-0.15, -0.1) is 11.3 Å². The SMILES string of the molecule is Fc1nc(F)c(F)c(NCc2ccc(Br)s2)c1F. The third-order valence-corrected chi connectivity index (χ3v) is 3.69. The molecule has 0 spiro atoms. The maximum Gasteiger partial charge on any atom is 0.253 e. The Morgan fingerprint density at radius 2 is 1.72 bits per heavy atom. The average Bonchev–Trinajstić information content (AvgIpc) is 2.73. The maximum absolute atomic E-state index is 13.2. The molecule has 8 heteroatoms. The number of hydrogen-bond donors (Lipinski definition) is 1. The highest BCUT2D eigenvalue weighted by Gasteiger charge is 2.20. The summed E-state index contributed by atoms with van der Waals surface area (Å²) in [6.07, 6.45) is 0. The fraction of sp³-hybridized carbons (Fsp3) is 0.100. The highest BCUT2D eigenvalue weighted by molar-refractivity contribution is 9.11. The Bertz CT molecular complexity index is 561. The van der Waals surface area contributed by atoms with Gasteiger partial charge in [0.2, 0.25) is 11.6 Å². The summed E-state index contributed by atoms with van der Waals surface area (Å²) in [7, 11) is 0. The molecule has 2 aromatic rings. The van der Waals surface area contributed by atoms with Crippen molar-refractivity contribution < 1.29 is 17.6 Å². The third-order valence-electron chi connectivity index (χ3n) is 2.07. The molecule has 2 rings (SSSR count). The number of nitrogens with one attached hydrogen (secondary N) is 1. The molecule has 0 amide bonds. The van der Waals surface area contributed by atoms with E-state index in [1.165, 1.54) is 11.3 Å². The molecule has 0 fully saturated rings. The number of rotatable bonds is 3. The van der Waals surface area contributed by atoms with Crippen LogP contribution in [-0.2, 0) is 6.54 Å². The van der Waals surface area contributed by atoms with Crippen LogP contribution in [-0.4, -0.2) is 4.98 Å². The summed E-state index contributed by atoms with van der Waals surface area (Å²) < 4.78 is 52.9.